The molecule has 0 aromatic rings. The summed E-state index contributed by atoms with van der Waals surface area (Å²) in [5.74, 6) is 0.547. The average Bonchev–Trinajstić information content (AvgIpc) is 2.83. The Hall–Kier alpha value is -0.120. The summed E-state index contributed by atoms with van der Waals surface area (Å²) >= 11 is 0. The Labute approximate surface area is 117 Å². The normalized spacial score (nSPS) is 33.0. The highest BCUT2D eigenvalue weighted by Crippen LogP contribution is 2.42. The first-order valence-corrected chi connectivity index (χ1v) is 8.31. The predicted molar refractivity (Wildman–Crippen MR) is 76.2 cm³/mol. The van der Waals surface area contributed by atoms with E-state index in [9.17, 15) is 5.11 Å². The van der Waals surface area contributed by atoms with Crippen molar-refractivity contribution in [3.63, 3.8) is 0 Å². The van der Waals surface area contributed by atoms with Crippen LogP contribution < -0.4 is 0 Å². The first-order valence-electron chi connectivity index (χ1n) is 8.31. The van der Waals surface area contributed by atoms with Crippen LogP contribution in [0, 0.1) is 5.92 Å². The van der Waals surface area contributed by atoms with E-state index in [1.165, 1.54) is 44.9 Å². The first kappa shape index (κ1) is 13.8. The maximum absolute atomic E-state index is 9.18. The number of nitrogens with zero attached hydrogens (tertiary/aromatic N) is 1. The number of ether oxygens (including phenoxy) is 1. The Morgan fingerprint density at radius 3 is 2.42 bits per heavy atom. The van der Waals surface area contributed by atoms with Gasteiger partial charge in [0.1, 0.15) is 0 Å². The number of aliphatic hydroxyl groups excluding tert-OH is 1. The Kier molecular flexibility index (Phi) is 4.45. The first-order chi connectivity index (χ1) is 9.30. The van der Waals surface area contributed by atoms with Gasteiger partial charge in [-0.3, -0.25) is 0 Å². The Morgan fingerprint density at radius 2 is 1.74 bits per heavy atom. The Bertz CT molecular complexity index is 280. The molecule has 2 heterocycles. The molecule has 1 spiro atoms. The van der Waals surface area contributed by atoms with Crippen LogP contribution in [-0.4, -0.2) is 48.0 Å². The summed E-state index contributed by atoms with van der Waals surface area (Å²) in [4.78, 5) is 2.55. The number of piperidine rings is 1. The van der Waals surface area contributed by atoms with E-state index in [0.29, 0.717) is 18.6 Å². The minimum absolute atomic E-state index is 0.270. The van der Waals surface area contributed by atoms with E-state index in [-0.39, 0.29) is 5.60 Å². The number of hydrogen-bond acceptors (Lipinski definition) is 3. The molecule has 19 heavy (non-hydrogen) atoms. The largest absolute Gasteiger partial charge is 0.396 e. The zero-order valence-corrected chi connectivity index (χ0v) is 12.1. The number of aliphatic hydroxyl groups is 1. The molecule has 2 aliphatic heterocycles. The summed E-state index contributed by atoms with van der Waals surface area (Å²) in [5.41, 5.74) is 0.270. The van der Waals surface area contributed by atoms with Gasteiger partial charge in [-0.1, -0.05) is 19.3 Å². The summed E-state index contributed by atoms with van der Waals surface area (Å²) in [5, 5.41) is 9.18. The minimum Gasteiger partial charge on any atom is -0.396 e. The molecule has 0 radical (unpaired) electrons. The number of likely N-dealkylation sites (tertiary alicyclic amines) is 1. The van der Waals surface area contributed by atoms with E-state index in [4.69, 9.17) is 4.74 Å². The third kappa shape index (κ3) is 3.32. The molecule has 3 rings (SSSR count). The fraction of sp³-hybridized carbons (Fsp3) is 1.00. The standard InChI is InChI=1S/C16H29NO2/c18-13-14-5-10-17(11-6-14)12-15-4-9-16(19-15)7-2-1-3-8-16/h14-15,18H,1-13H2. The molecule has 1 unspecified atom stereocenters. The molecule has 2 saturated heterocycles. The molecule has 3 aliphatic rings. The van der Waals surface area contributed by atoms with Crippen LogP contribution >= 0.6 is 0 Å². The van der Waals surface area contributed by atoms with E-state index in [1.54, 1.807) is 0 Å². The van der Waals surface area contributed by atoms with Crippen LogP contribution in [0.3, 0.4) is 0 Å². The summed E-state index contributed by atoms with van der Waals surface area (Å²) in [6, 6.07) is 0. The Balaban J connectivity index is 1.44. The number of rotatable bonds is 3. The van der Waals surface area contributed by atoms with Gasteiger partial charge in [0.15, 0.2) is 0 Å². The molecule has 1 aliphatic carbocycles. The Morgan fingerprint density at radius 1 is 1.00 bits per heavy atom. The van der Waals surface area contributed by atoms with E-state index in [0.717, 1.165) is 32.5 Å². The minimum atomic E-state index is 0.270. The van der Waals surface area contributed by atoms with Crippen molar-refractivity contribution in [2.75, 3.05) is 26.2 Å². The third-order valence-electron chi connectivity index (χ3n) is 5.53. The lowest BCUT2D eigenvalue weighted by Crippen LogP contribution is -2.40. The zero-order valence-electron chi connectivity index (χ0n) is 12.1. The second-order valence-electron chi connectivity index (χ2n) is 6.95. The second kappa shape index (κ2) is 6.11. The molecule has 0 aromatic heterocycles. The monoisotopic (exact) mass is 267 g/mol. The maximum atomic E-state index is 9.18. The van der Waals surface area contributed by atoms with Crippen molar-refractivity contribution in [3.8, 4) is 0 Å². The van der Waals surface area contributed by atoms with Crippen LogP contribution in [0.2, 0.25) is 0 Å². The van der Waals surface area contributed by atoms with Crippen LogP contribution in [0.25, 0.3) is 0 Å². The molecule has 0 bridgehead atoms. The summed E-state index contributed by atoms with van der Waals surface area (Å²) in [6.45, 7) is 3.80. The van der Waals surface area contributed by atoms with Gasteiger partial charge in [0.25, 0.3) is 0 Å². The van der Waals surface area contributed by atoms with Gasteiger partial charge < -0.3 is 14.7 Å². The van der Waals surface area contributed by atoms with Crippen molar-refractivity contribution in [1.29, 1.82) is 0 Å². The number of hydrogen-bond donors (Lipinski definition) is 1. The van der Waals surface area contributed by atoms with Gasteiger partial charge in [-0.05, 0) is 57.5 Å². The highest BCUT2D eigenvalue weighted by molar-refractivity contribution is 4.92. The van der Waals surface area contributed by atoms with Gasteiger partial charge in [0, 0.05) is 13.2 Å². The quantitative estimate of drug-likeness (QED) is 0.853. The van der Waals surface area contributed by atoms with Crippen molar-refractivity contribution >= 4 is 0 Å². The summed E-state index contributed by atoms with van der Waals surface area (Å²) in [6.07, 6.45) is 12.1. The second-order valence-corrected chi connectivity index (χ2v) is 6.95. The molecule has 1 N–H and O–H groups in total. The van der Waals surface area contributed by atoms with E-state index in [1.807, 2.05) is 0 Å². The van der Waals surface area contributed by atoms with Crippen LogP contribution in [0.4, 0.5) is 0 Å². The van der Waals surface area contributed by atoms with Crippen molar-refractivity contribution in [2.24, 2.45) is 5.92 Å². The maximum Gasteiger partial charge on any atom is 0.0710 e. The fourth-order valence-electron chi connectivity index (χ4n) is 4.23. The zero-order chi connectivity index (χ0) is 13.1. The lowest BCUT2D eigenvalue weighted by atomic mass is 9.83. The lowest BCUT2D eigenvalue weighted by Gasteiger charge is -2.35. The summed E-state index contributed by atoms with van der Waals surface area (Å²) < 4.78 is 6.45. The SMILES string of the molecule is OCC1CCN(CC2CCC3(CCCCC3)O2)CC1. The van der Waals surface area contributed by atoms with E-state index < -0.39 is 0 Å². The molecule has 3 nitrogen and oxygen atoms in total. The van der Waals surface area contributed by atoms with Crippen LogP contribution in [-0.2, 0) is 4.74 Å². The molecular weight excluding hydrogens is 238 g/mol. The fourth-order valence-corrected chi connectivity index (χ4v) is 4.23. The van der Waals surface area contributed by atoms with Crippen LogP contribution in [0.1, 0.15) is 57.8 Å². The van der Waals surface area contributed by atoms with Crippen LogP contribution in [0.15, 0.2) is 0 Å². The topological polar surface area (TPSA) is 32.7 Å². The molecular formula is C16H29NO2. The van der Waals surface area contributed by atoms with Crippen molar-refractivity contribution in [2.45, 2.75) is 69.5 Å². The molecule has 0 amide bonds. The van der Waals surface area contributed by atoms with Gasteiger partial charge in [-0.25, -0.2) is 0 Å². The molecule has 1 atom stereocenters. The highest BCUT2D eigenvalue weighted by Gasteiger charge is 2.41. The van der Waals surface area contributed by atoms with Crippen molar-refractivity contribution < 1.29 is 9.84 Å². The van der Waals surface area contributed by atoms with Crippen molar-refractivity contribution in [1.82, 2.24) is 4.90 Å². The summed E-state index contributed by atoms with van der Waals surface area (Å²) in [7, 11) is 0. The van der Waals surface area contributed by atoms with E-state index >= 15 is 0 Å². The van der Waals surface area contributed by atoms with Gasteiger partial charge in [0.05, 0.1) is 11.7 Å². The average molecular weight is 267 g/mol. The van der Waals surface area contributed by atoms with Crippen molar-refractivity contribution in [3.05, 3.63) is 0 Å². The van der Waals surface area contributed by atoms with Crippen LogP contribution in [0.5, 0.6) is 0 Å². The highest BCUT2D eigenvalue weighted by atomic mass is 16.5. The lowest BCUT2D eigenvalue weighted by molar-refractivity contribution is -0.0739. The molecule has 0 aromatic carbocycles. The van der Waals surface area contributed by atoms with Gasteiger partial charge in [-0.2, -0.15) is 0 Å². The third-order valence-corrected chi connectivity index (χ3v) is 5.53. The van der Waals surface area contributed by atoms with Gasteiger partial charge in [0.2, 0.25) is 0 Å². The van der Waals surface area contributed by atoms with E-state index in [2.05, 4.69) is 4.90 Å². The molecule has 3 heteroatoms. The predicted octanol–water partition coefficient (Wildman–Crippen LogP) is 2.57. The van der Waals surface area contributed by atoms with Gasteiger partial charge >= 0.3 is 0 Å². The smallest absolute Gasteiger partial charge is 0.0710 e. The molecule has 3 fully saturated rings. The molecule has 110 valence electrons. The molecule has 1 saturated carbocycles. The van der Waals surface area contributed by atoms with Gasteiger partial charge in [-0.15, -0.1) is 0 Å².